The maximum absolute atomic E-state index is 12.8. The molecule has 2 N–H and O–H groups in total. The molecule has 3 aliphatic carbocycles. The van der Waals surface area contributed by atoms with Gasteiger partial charge in [-0.15, -0.1) is 0 Å². The zero-order valence-corrected chi connectivity index (χ0v) is 16.3. The number of aliphatic hydroxyl groups is 2. The number of ketones is 2. The van der Waals surface area contributed by atoms with E-state index in [0.29, 0.717) is 12.8 Å². The Labute approximate surface area is 164 Å². The van der Waals surface area contributed by atoms with Gasteiger partial charge in [-0.1, -0.05) is 19.1 Å². The van der Waals surface area contributed by atoms with Gasteiger partial charge < -0.3 is 19.7 Å². The summed E-state index contributed by atoms with van der Waals surface area (Å²) in [7, 11) is 0. The lowest BCUT2D eigenvalue weighted by Gasteiger charge is -2.44. The van der Waals surface area contributed by atoms with Crippen LogP contribution in [0, 0.1) is 35.5 Å². The van der Waals surface area contributed by atoms with E-state index in [2.05, 4.69) is 0 Å². The van der Waals surface area contributed by atoms with E-state index in [1.54, 1.807) is 0 Å². The van der Waals surface area contributed by atoms with Crippen molar-refractivity contribution in [3.8, 4) is 0 Å². The van der Waals surface area contributed by atoms with Crippen molar-refractivity contribution < 1.29 is 29.3 Å². The number of Topliss-reactive ketones (excluding diaryl/α,β-unsaturated/α-hetero) is 2. The minimum absolute atomic E-state index is 0.000648. The number of fused-ring (bicyclic) bond motifs is 5. The molecule has 6 heteroatoms. The van der Waals surface area contributed by atoms with Crippen LogP contribution in [0.5, 0.6) is 0 Å². The van der Waals surface area contributed by atoms with Crippen LogP contribution in [0.1, 0.15) is 46.0 Å². The predicted molar refractivity (Wildman–Crippen MR) is 100 cm³/mol. The van der Waals surface area contributed by atoms with Gasteiger partial charge in [-0.25, -0.2) is 4.79 Å². The molecule has 2 bridgehead atoms. The molecule has 28 heavy (non-hydrogen) atoms. The number of hydrogen-bond donors (Lipinski definition) is 2. The second kappa shape index (κ2) is 7.14. The Hall–Kier alpha value is -1.95. The summed E-state index contributed by atoms with van der Waals surface area (Å²) in [5, 5.41) is 21.3. The fourth-order valence-corrected chi connectivity index (χ4v) is 6.04. The van der Waals surface area contributed by atoms with Crippen molar-refractivity contribution in [1.29, 1.82) is 0 Å². The van der Waals surface area contributed by atoms with Gasteiger partial charge in [0.15, 0.2) is 0 Å². The van der Waals surface area contributed by atoms with E-state index in [9.17, 15) is 24.6 Å². The fraction of sp³-hybridized carbons (Fsp3) is 0.682. The minimum atomic E-state index is -0.675. The summed E-state index contributed by atoms with van der Waals surface area (Å²) >= 11 is 0. The highest BCUT2D eigenvalue weighted by molar-refractivity contribution is 5.92. The molecule has 5 aliphatic rings. The molecule has 8 atom stereocenters. The van der Waals surface area contributed by atoms with E-state index in [1.165, 1.54) is 6.92 Å². The first kappa shape index (κ1) is 19.4. The summed E-state index contributed by atoms with van der Waals surface area (Å²) in [4.78, 5) is 37.6. The van der Waals surface area contributed by atoms with Crippen LogP contribution in [0.25, 0.3) is 0 Å². The van der Waals surface area contributed by atoms with Gasteiger partial charge in [0.25, 0.3) is 0 Å². The van der Waals surface area contributed by atoms with Crippen molar-refractivity contribution in [2.24, 2.45) is 35.5 Å². The standard InChI is InChI=1S/C22H28O6/c1-10-5-16-15(21(10)26)4-3-12-7-13(24)8-14-9-18(25)20(22(27)28-14)17(19(12)16)6-11(2)23/h3-4,10,12-17,19,24-25H,5-9H2,1-2H3/t10-,12-,13-,14-,15+,16+,17+,19+/m0/s1. The Morgan fingerprint density at radius 2 is 1.96 bits per heavy atom. The average Bonchev–Trinajstić information content (AvgIpc) is 2.87. The Balaban J connectivity index is 1.84. The Kier molecular flexibility index (Phi) is 4.94. The summed E-state index contributed by atoms with van der Waals surface area (Å²) in [6.45, 7) is 3.41. The van der Waals surface area contributed by atoms with E-state index in [0.717, 1.165) is 0 Å². The molecule has 0 radical (unpaired) electrons. The second-order valence-electron chi connectivity index (χ2n) is 9.08. The number of aliphatic hydroxyl groups excluding tert-OH is 2. The summed E-state index contributed by atoms with van der Waals surface area (Å²) in [6.07, 6.45) is 4.51. The van der Waals surface area contributed by atoms with Crippen LogP contribution >= 0.6 is 0 Å². The lowest BCUT2D eigenvalue weighted by Crippen LogP contribution is -2.44. The molecule has 1 saturated carbocycles. The quantitative estimate of drug-likeness (QED) is 0.557. The largest absolute Gasteiger partial charge is 0.512 e. The molecule has 2 heterocycles. The summed E-state index contributed by atoms with van der Waals surface area (Å²) < 4.78 is 5.50. The average molecular weight is 388 g/mol. The molecule has 2 aliphatic heterocycles. The first-order valence-electron chi connectivity index (χ1n) is 10.3. The van der Waals surface area contributed by atoms with Gasteiger partial charge in [0.2, 0.25) is 0 Å². The molecular weight excluding hydrogens is 360 g/mol. The number of allylic oxidation sites excluding steroid dienone is 2. The highest BCUT2D eigenvalue weighted by Gasteiger charge is 2.52. The van der Waals surface area contributed by atoms with Gasteiger partial charge >= 0.3 is 5.97 Å². The number of rotatable bonds is 2. The zero-order valence-electron chi connectivity index (χ0n) is 16.3. The third-order valence-corrected chi connectivity index (χ3v) is 7.10. The summed E-state index contributed by atoms with van der Waals surface area (Å²) in [5.74, 6) is -1.49. The molecule has 2 fully saturated rings. The van der Waals surface area contributed by atoms with Crippen LogP contribution in [0.15, 0.2) is 23.5 Å². The van der Waals surface area contributed by atoms with Gasteiger partial charge in [-0.3, -0.25) is 4.79 Å². The van der Waals surface area contributed by atoms with Crippen molar-refractivity contribution in [3.05, 3.63) is 23.5 Å². The third-order valence-electron chi connectivity index (χ3n) is 7.10. The second-order valence-corrected chi connectivity index (χ2v) is 9.08. The molecular formula is C22H28O6. The fourth-order valence-electron chi connectivity index (χ4n) is 6.04. The van der Waals surface area contributed by atoms with E-state index >= 15 is 0 Å². The highest BCUT2D eigenvalue weighted by atomic mass is 16.5. The normalized spacial score (nSPS) is 42.8. The van der Waals surface area contributed by atoms with E-state index in [1.807, 2.05) is 19.1 Å². The summed E-state index contributed by atoms with van der Waals surface area (Å²) in [5.41, 5.74) is 0.207. The van der Waals surface area contributed by atoms with Crippen LogP contribution < -0.4 is 0 Å². The number of carbonyl (C=O) groups excluding carboxylic acids is 3. The van der Waals surface area contributed by atoms with Crippen LogP contribution in [-0.4, -0.2) is 40.0 Å². The van der Waals surface area contributed by atoms with Crippen molar-refractivity contribution in [2.45, 2.75) is 58.2 Å². The van der Waals surface area contributed by atoms with Crippen LogP contribution in [0.3, 0.4) is 0 Å². The van der Waals surface area contributed by atoms with Gasteiger partial charge in [-0.2, -0.15) is 0 Å². The van der Waals surface area contributed by atoms with Crippen LogP contribution in [0.4, 0.5) is 0 Å². The minimum Gasteiger partial charge on any atom is -0.512 e. The van der Waals surface area contributed by atoms with Gasteiger partial charge in [-0.05, 0) is 37.5 Å². The summed E-state index contributed by atoms with van der Waals surface area (Å²) in [6, 6.07) is 0. The monoisotopic (exact) mass is 388 g/mol. The van der Waals surface area contributed by atoms with Crippen molar-refractivity contribution >= 4 is 17.5 Å². The Bertz CT molecular complexity index is 765. The molecule has 152 valence electrons. The van der Waals surface area contributed by atoms with E-state index in [-0.39, 0.29) is 71.8 Å². The number of ether oxygens (including phenoxy) is 1. The van der Waals surface area contributed by atoms with Crippen molar-refractivity contribution in [1.82, 2.24) is 0 Å². The predicted octanol–water partition coefficient (Wildman–Crippen LogP) is 2.51. The highest BCUT2D eigenvalue weighted by Crippen LogP contribution is 2.52. The molecule has 0 aromatic carbocycles. The molecule has 5 rings (SSSR count). The van der Waals surface area contributed by atoms with E-state index < -0.39 is 24.1 Å². The molecule has 1 saturated heterocycles. The lowest BCUT2D eigenvalue weighted by atomic mass is 9.61. The van der Waals surface area contributed by atoms with Gasteiger partial charge in [0, 0.05) is 37.0 Å². The first-order chi connectivity index (χ1) is 13.3. The maximum atomic E-state index is 12.8. The third kappa shape index (κ3) is 3.21. The molecule has 0 amide bonds. The van der Waals surface area contributed by atoms with Gasteiger partial charge in [0.1, 0.15) is 23.4 Å². The SMILES string of the molecule is CC(=O)C[C@H]1C2=C(O)C[C@H](C[C@@H](O)C[C@@H]3C=C[C@H]4C(=O)[C@@H](C)C[C@H]4[C@@H]31)OC2=O. The topological polar surface area (TPSA) is 101 Å². The smallest absolute Gasteiger partial charge is 0.338 e. The van der Waals surface area contributed by atoms with Crippen LogP contribution in [-0.2, 0) is 19.1 Å². The molecule has 6 nitrogen and oxygen atoms in total. The first-order valence-corrected chi connectivity index (χ1v) is 10.3. The van der Waals surface area contributed by atoms with Crippen molar-refractivity contribution in [3.63, 3.8) is 0 Å². The zero-order chi connectivity index (χ0) is 20.2. The molecule has 0 aromatic rings. The number of carbonyl (C=O) groups is 3. The van der Waals surface area contributed by atoms with Crippen LogP contribution in [0.2, 0.25) is 0 Å². The van der Waals surface area contributed by atoms with Gasteiger partial charge in [0.05, 0.1) is 11.7 Å². The van der Waals surface area contributed by atoms with Crippen molar-refractivity contribution in [2.75, 3.05) is 0 Å². The number of esters is 1. The maximum Gasteiger partial charge on any atom is 0.338 e. The molecule has 0 aromatic heterocycles. The lowest BCUT2D eigenvalue weighted by molar-refractivity contribution is -0.150. The number of hydrogen-bond acceptors (Lipinski definition) is 6. The molecule has 0 spiro atoms. The Morgan fingerprint density at radius 3 is 2.64 bits per heavy atom. The Morgan fingerprint density at radius 1 is 1.21 bits per heavy atom. The van der Waals surface area contributed by atoms with E-state index in [4.69, 9.17) is 4.74 Å². The molecule has 0 unspecified atom stereocenters.